The standard InChI is InChI=1S/C15H18N2O2/c1-9(2)13-14(19-8-16-13)15(18)17-12-7-5-6-10(3)11(12)4/h5-9H,1-4H3,(H,17,18). The summed E-state index contributed by atoms with van der Waals surface area (Å²) in [5, 5.41) is 2.88. The largest absolute Gasteiger partial charge is 0.438 e. The second-order valence-corrected chi connectivity index (χ2v) is 4.92. The quantitative estimate of drug-likeness (QED) is 0.913. The van der Waals surface area contributed by atoms with Crippen molar-refractivity contribution in [1.82, 2.24) is 4.98 Å². The van der Waals surface area contributed by atoms with E-state index >= 15 is 0 Å². The topological polar surface area (TPSA) is 55.1 Å². The molecule has 1 aromatic heterocycles. The number of oxazole rings is 1. The van der Waals surface area contributed by atoms with Gasteiger partial charge in [0.25, 0.3) is 5.91 Å². The van der Waals surface area contributed by atoms with E-state index in [0.717, 1.165) is 16.8 Å². The van der Waals surface area contributed by atoms with Crippen LogP contribution in [0, 0.1) is 13.8 Å². The summed E-state index contributed by atoms with van der Waals surface area (Å²) in [7, 11) is 0. The summed E-state index contributed by atoms with van der Waals surface area (Å²) in [4.78, 5) is 16.3. The Balaban J connectivity index is 2.26. The minimum atomic E-state index is -0.255. The highest BCUT2D eigenvalue weighted by molar-refractivity contribution is 6.03. The van der Waals surface area contributed by atoms with Crippen molar-refractivity contribution < 1.29 is 9.21 Å². The normalized spacial score (nSPS) is 10.8. The molecule has 0 saturated carbocycles. The lowest BCUT2D eigenvalue weighted by Gasteiger charge is -2.10. The SMILES string of the molecule is Cc1cccc(NC(=O)c2ocnc2C(C)C)c1C. The van der Waals surface area contributed by atoms with Crippen molar-refractivity contribution in [3.63, 3.8) is 0 Å². The van der Waals surface area contributed by atoms with Gasteiger partial charge in [-0.3, -0.25) is 4.79 Å². The van der Waals surface area contributed by atoms with Crippen molar-refractivity contribution >= 4 is 11.6 Å². The Hall–Kier alpha value is -2.10. The first-order valence-electron chi connectivity index (χ1n) is 6.31. The lowest BCUT2D eigenvalue weighted by Crippen LogP contribution is -2.14. The Kier molecular flexibility index (Phi) is 3.69. The molecule has 2 aromatic rings. The lowest BCUT2D eigenvalue weighted by molar-refractivity contribution is 0.0995. The van der Waals surface area contributed by atoms with Crippen LogP contribution in [0.15, 0.2) is 29.0 Å². The molecule has 0 radical (unpaired) electrons. The third-order valence-corrected chi connectivity index (χ3v) is 3.20. The van der Waals surface area contributed by atoms with Crippen molar-refractivity contribution in [1.29, 1.82) is 0 Å². The fourth-order valence-electron chi connectivity index (χ4n) is 1.90. The molecular weight excluding hydrogens is 240 g/mol. The van der Waals surface area contributed by atoms with E-state index in [2.05, 4.69) is 10.3 Å². The predicted octanol–water partition coefficient (Wildman–Crippen LogP) is 3.67. The van der Waals surface area contributed by atoms with Gasteiger partial charge in [-0.1, -0.05) is 26.0 Å². The Morgan fingerprint density at radius 2 is 2.05 bits per heavy atom. The van der Waals surface area contributed by atoms with Crippen molar-refractivity contribution in [3.8, 4) is 0 Å². The number of aromatic nitrogens is 1. The number of anilines is 1. The first-order chi connectivity index (χ1) is 9.00. The van der Waals surface area contributed by atoms with Gasteiger partial charge in [0.2, 0.25) is 5.76 Å². The molecule has 0 unspecified atom stereocenters. The number of hydrogen-bond acceptors (Lipinski definition) is 3. The number of rotatable bonds is 3. The van der Waals surface area contributed by atoms with E-state index in [-0.39, 0.29) is 17.6 Å². The fourth-order valence-corrected chi connectivity index (χ4v) is 1.90. The molecule has 0 atom stereocenters. The van der Waals surface area contributed by atoms with E-state index in [1.165, 1.54) is 6.39 Å². The third-order valence-electron chi connectivity index (χ3n) is 3.20. The highest BCUT2D eigenvalue weighted by Gasteiger charge is 2.19. The number of aryl methyl sites for hydroxylation is 1. The second kappa shape index (κ2) is 5.26. The molecule has 0 bridgehead atoms. The Morgan fingerprint density at radius 3 is 2.74 bits per heavy atom. The summed E-state index contributed by atoms with van der Waals surface area (Å²) < 4.78 is 5.21. The van der Waals surface area contributed by atoms with Crippen LogP contribution in [-0.2, 0) is 0 Å². The van der Waals surface area contributed by atoms with Gasteiger partial charge in [0.05, 0.1) is 5.69 Å². The van der Waals surface area contributed by atoms with Crippen LogP contribution in [0.5, 0.6) is 0 Å². The number of hydrogen-bond donors (Lipinski definition) is 1. The molecule has 2 rings (SSSR count). The van der Waals surface area contributed by atoms with Crippen LogP contribution in [0.1, 0.15) is 47.1 Å². The molecule has 1 amide bonds. The van der Waals surface area contributed by atoms with Gasteiger partial charge in [-0.15, -0.1) is 0 Å². The van der Waals surface area contributed by atoms with Crippen LogP contribution >= 0.6 is 0 Å². The molecule has 0 fully saturated rings. The molecule has 0 aliphatic carbocycles. The summed E-state index contributed by atoms with van der Waals surface area (Å²) in [6.45, 7) is 7.95. The average molecular weight is 258 g/mol. The number of carbonyl (C=O) groups is 1. The van der Waals surface area contributed by atoms with Crippen molar-refractivity contribution in [2.24, 2.45) is 0 Å². The van der Waals surface area contributed by atoms with E-state index in [9.17, 15) is 4.79 Å². The zero-order chi connectivity index (χ0) is 14.0. The maximum absolute atomic E-state index is 12.2. The minimum absolute atomic E-state index is 0.151. The Bertz CT molecular complexity index is 600. The monoisotopic (exact) mass is 258 g/mol. The van der Waals surface area contributed by atoms with Gasteiger partial charge in [0, 0.05) is 5.69 Å². The van der Waals surface area contributed by atoms with E-state index < -0.39 is 0 Å². The van der Waals surface area contributed by atoms with E-state index in [4.69, 9.17) is 4.42 Å². The number of amides is 1. The summed E-state index contributed by atoms with van der Waals surface area (Å²) in [5.41, 5.74) is 3.68. The molecule has 1 heterocycles. The van der Waals surface area contributed by atoms with Gasteiger partial charge >= 0.3 is 0 Å². The Labute approximate surface area is 112 Å². The number of carbonyl (C=O) groups excluding carboxylic acids is 1. The molecule has 0 aliphatic heterocycles. The van der Waals surface area contributed by atoms with Gasteiger partial charge in [-0.25, -0.2) is 4.98 Å². The van der Waals surface area contributed by atoms with Crippen LogP contribution < -0.4 is 5.32 Å². The first-order valence-corrected chi connectivity index (χ1v) is 6.31. The zero-order valence-electron chi connectivity index (χ0n) is 11.7. The minimum Gasteiger partial charge on any atom is -0.438 e. The summed E-state index contributed by atoms with van der Waals surface area (Å²) in [6.07, 6.45) is 1.31. The fraction of sp³-hybridized carbons (Fsp3) is 0.333. The van der Waals surface area contributed by atoms with Gasteiger partial charge in [-0.2, -0.15) is 0 Å². The van der Waals surface area contributed by atoms with Crippen LogP contribution in [0.4, 0.5) is 5.69 Å². The highest BCUT2D eigenvalue weighted by atomic mass is 16.3. The van der Waals surface area contributed by atoms with Crippen LogP contribution in [0.2, 0.25) is 0 Å². The molecule has 0 spiro atoms. The maximum Gasteiger partial charge on any atom is 0.293 e. The molecule has 19 heavy (non-hydrogen) atoms. The smallest absolute Gasteiger partial charge is 0.293 e. The molecule has 1 N–H and O–H groups in total. The summed E-state index contributed by atoms with van der Waals surface area (Å²) >= 11 is 0. The van der Waals surface area contributed by atoms with Crippen LogP contribution in [0.3, 0.4) is 0 Å². The predicted molar refractivity (Wildman–Crippen MR) is 74.5 cm³/mol. The van der Waals surface area contributed by atoms with E-state index in [0.29, 0.717) is 5.69 Å². The summed E-state index contributed by atoms with van der Waals surface area (Å²) in [5.74, 6) is 0.184. The van der Waals surface area contributed by atoms with Crippen molar-refractivity contribution in [2.45, 2.75) is 33.6 Å². The Morgan fingerprint density at radius 1 is 1.32 bits per heavy atom. The van der Waals surface area contributed by atoms with Gasteiger partial charge in [-0.05, 0) is 37.0 Å². The molecular formula is C15H18N2O2. The van der Waals surface area contributed by atoms with Crippen molar-refractivity contribution in [3.05, 3.63) is 47.2 Å². The van der Waals surface area contributed by atoms with Crippen molar-refractivity contribution in [2.75, 3.05) is 5.32 Å². The first kappa shape index (κ1) is 13.3. The zero-order valence-corrected chi connectivity index (χ0v) is 11.7. The van der Waals surface area contributed by atoms with Gasteiger partial charge in [0.1, 0.15) is 0 Å². The molecule has 0 saturated heterocycles. The highest BCUT2D eigenvalue weighted by Crippen LogP contribution is 2.22. The third kappa shape index (κ3) is 2.67. The molecule has 0 aliphatic rings. The number of nitrogens with one attached hydrogen (secondary N) is 1. The maximum atomic E-state index is 12.2. The van der Waals surface area contributed by atoms with E-state index in [1.807, 2.05) is 45.9 Å². The van der Waals surface area contributed by atoms with Gasteiger partial charge < -0.3 is 9.73 Å². The number of nitrogens with zero attached hydrogens (tertiary/aromatic N) is 1. The molecule has 100 valence electrons. The second-order valence-electron chi connectivity index (χ2n) is 4.92. The molecule has 4 nitrogen and oxygen atoms in total. The van der Waals surface area contributed by atoms with E-state index in [1.54, 1.807) is 0 Å². The number of benzene rings is 1. The van der Waals surface area contributed by atoms with Crippen LogP contribution in [0.25, 0.3) is 0 Å². The molecule has 1 aromatic carbocycles. The lowest BCUT2D eigenvalue weighted by atomic mass is 10.1. The summed E-state index contributed by atoms with van der Waals surface area (Å²) in [6, 6.07) is 5.81. The van der Waals surface area contributed by atoms with Gasteiger partial charge in [0.15, 0.2) is 6.39 Å². The van der Waals surface area contributed by atoms with Crippen LogP contribution in [-0.4, -0.2) is 10.9 Å². The average Bonchev–Trinajstić information content (AvgIpc) is 2.84. The molecule has 4 heteroatoms.